The van der Waals surface area contributed by atoms with E-state index in [1.807, 2.05) is 0 Å². The molecule has 1 aromatic heterocycles. The van der Waals surface area contributed by atoms with Crippen molar-refractivity contribution in [2.24, 2.45) is 7.05 Å². The molecule has 0 bridgehead atoms. The minimum Gasteiger partial charge on any atom is -0.347 e. The number of aromatic nitrogens is 1. The molecule has 1 aliphatic rings. The fourth-order valence-electron chi connectivity index (χ4n) is 2.62. The Bertz CT molecular complexity index is 535. The lowest BCUT2D eigenvalue weighted by atomic mass is 10.1. The summed E-state index contributed by atoms with van der Waals surface area (Å²) >= 11 is 0. The third kappa shape index (κ3) is 1.79. The van der Waals surface area contributed by atoms with Gasteiger partial charge in [0.25, 0.3) is 0 Å². The summed E-state index contributed by atoms with van der Waals surface area (Å²) in [5.74, 6) is 0. The lowest BCUT2D eigenvalue weighted by Gasteiger charge is -2.14. The highest BCUT2D eigenvalue weighted by atomic mass is 15.0. The second kappa shape index (κ2) is 4.04. The van der Waals surface area contributed by atoms with Gasteiger partial charge in [-0.25, -0.2) is 0 Å². The van der Waals surface area contributed by atoms with Gasteiger partial charge in [0.2, 0.25) is 0 Å². The Morgan fingerprint density at radius 3 is 2.65 bits per heavy atom. The summed E-state index contributed by atoms with van der Waals surface area (Å²) in [6.07, 6.45) is 1.14. The third-order valence-electron chi connectivity index (χ3n) is 3.65. The first-order chi connectivity index (χ1) is 8.25. The zero-order valence-electron chi connectivity index (χ0n) is 10.5. The highest BCUT2D eigenvalue weighted by Gasteiger charge is 2.16. The van der Waals surface area contributed by atoms with E-state index in [0.717, 1.165) is 19.5 Å². The van der Waals surface area contributed by atoms with Gasteiger partial charge in [0, 0.05) is 37.9 Å². The van der Waals surface area contributed by atoms with Gasteiger partial charge in [-0.05, 0) is 24.1 Å². The van der Waals surface area contributed by atoms with Crippen LogP contribution in [0.3, 0.4) is 0 Å². The van der Waals surface area contributed by atoms with Gasteiger partial charge >= 0.3 is 0 Å². The van der Waals surface area contributed by atoms with Crippen molar-refractivity contribution in [3.63, 3.8) is 0 Å². The number of nitrogens with zero attached hydrogens (tertiary/aromatic N) is 1. The molecule has 3 rings (SSSR count). The lowest BCUT2D eigenvalue weighted by Crippen LogP contribution is -2.24. The largest absolute Gasteiger partial charge is 0.347 e. The van der Waals surface area contributed by atoms with Crippen molar-refractivity contribution in [1.29, 1.82) is 0 Å². The predicted octanol–water partition coefficient (Wildman–Crippen LogP) is 2.65. The average Bonchev–Trinajstić information content (AvgIpc) is 2.69. The second-order valence-corrected chi connectivity index (χ2v) is 4.85. The highest BCUT2D eigenvalue weighted by Crippen LogP contribution is 2.27. The fourth-order valence-corrected chi connectivity index (χ4v) is 2.62. The Morgan fingerprint density at radius 1 is 1.18 bits per heavy atom. The highest BCUT2D eigenvalue weighted by molar-refractivity contribution is 5.63. The standard InChI is InChI=1S/C15H18N2/c1-11-3-5-12(6-4-11)15-9-13-10-16-8-7-14(13)17(15)2/h3-6,9,16H,7-8,10H2,1-2H3. The van der Waals surface area contributed by atoms with Crippen LogP contribution in [0.4, 0.5) is 0 Å². The maximum absolute atomic E-state index is 3.43. The third-order valence-corrected chi connectivity index (χ3v) is 3.65. The van der Waals surface area contributed by atoms with E-state index in [0.29, 0.717) is 0 Å². The molecule has 2 aromatic rings. The van der Waals surface area contributed by atoms with Crippen LogP contribution in [0.15, 0.2) is 30.3 Å². The van der Waals surface area contributed by atoms with Crippen LogP contribution in [0, 0.1) is 6.92 Å². The minimum absolute atomic E-state index is 1.01. The first kappa shape index (κ1) is 10.6. The molecule has 0 fully saturated rings. The van der Waals surface area contributed by atoms with Crippen LogP contribution in [0.1, 0.15) is 16.8 Å². The molecule has 0 unspecified atom stereocenters. The van der Waals surface area contributed by atoms with E-state index in [2.05, 4.69) is 54.2 Å². The number of benzene rings is 1. The zero-order valence-corrected chi connectivity index (χ0v) is 10.5. The normalized spacial score (nSPS) is 14.7. The maximum Gasteiger partial charge on any atom is 0.0483 e. The van der Waals surface area contributed by atoms with Crippen LogP contribution in [-0.4, -0.2) is 11.1 Å². The van der Waals surface area contributed by atoms with Crippen LogP contribution in [0.5, 0.6) is 0 Å². The molecule has 0 amide bonds. The Labute approximate surface area is 102 Å². The first-order valence-electron chi connectivity index (χ1n) is 6.21. The van der Waals surface area contributed by atoms with Gasteiger partial charge in [0.15, 0.2) is 0 Å². The van der Waals surface area contributed by atoms with Crippen molar-refractivity contribution >= 4 is 0 Å². The van der Waals surface area contributed by atoms with E-state index >= 15 is 0 Å². The Balaban J connectivity index is 2.09. The smallest absolute Gasteiger partial charge is 0.0483 e. The van der Waals surface area contributed by atoms with Gasteiger partial charge in [0.05, 0.1) is 0 Å². The number of hydrogen-bond acceptors (Lipinski definition) is 1. The van der Waals surface area contributed by atoms with Crippen molar-refractivity contribution in [3.05, 3.63) is 47.2 Å². The topological polar surface area (TPSA) is 17.0 Å². The van der Waals surface area contributed by atoms with Crippen molar-refractivity contribution in [1.82, 2.24) is 9.88 Å². The van der Waals surface area contributed by atoms with E-state index in [4.69, 9.17) is 0 Å². The fraction of sp³-hybridized carbons (Fsp3) is 0.333. The monoisotopic (exact) mass is 226 g/mol. The van der Waals surface area contributed by atoms with Crippen molar-refractivity contribution in [2.45, 2.75) is 19.9 Å². The molecule has 0 saturated heterocycles. The van der Waals surface area contributed by atoms with E-state index in [1.54, 1.807) is 0 Å². The molecule has 0 spiro atoms. The summed E-state index contributed by atoms with van der Waals surface area (Å²) in [5.41, 5.74) is 6.90. The molecular formula is C15H18N2. The van der Waals surface area contributed by atoms with E-state index in [9.17, 15) is 0 Å². The van der Waals surface area contributed by atoms with E-state index in [-0.39, 0.29) is 0 Å². The summed E-state index contributed by atoms with van der Waals surface area (Å²) < 4.78 is 2.35. The summed E-state index contributed by atoms with van der Waals surface area (Å²) in [7, 11) is 2.18. The van der Waals surface area contributed by atoms with Crippen LogP contribution >= 0.6 is 0 Å². The molecule has 0 aliphatic carbocycles. The summed E-state index contributed by atoms with van der Waals surface area (Å²) in [6.45, 7) is 4.23. The van der Waals surface area contributed by atoms with Crippen LogP contribution in [-0.2, 0) is 20.0 Å². The van der Waals surface area contributed by atoms with Gasteiger partial charge in [0.1, 0.15) is 0 Å². The van der Waals surface area contributed by atoms with Crippen LogP contribution in [0.25, 0.3) is 11.3 Å². The van der Waals surface area contributed by atoms with Crippen molar-refractivity contribution in [3.8, 4) is 11.3 Å². The van der Waals surface area contributed by atoms with E-state index < -0.39 is 0 Å². The molecule has 1 N–H and O–H groups in total. The van der Waals surface area contributed by atoms with Gasteiger partial charge in [-0.15, -0.1) is 0 Å². The number of hydrogen-bond donors (Lipinski definition) is 1. The molecule has 2 heterocycles. The predicted molar refractivity (Wildman–Crippen MR) is 71.0 cm³/mol. The minimum atomic E-state index is 1.01. The zero-order chi connectivity index (χ0) is 11.8. The molecule has 1 aromatic carbocycles. The van der Waals surface area contributed by atoms with Gasteiger partial charge in [-0.3, -0.25) is 0 Å². The van der Waals surface area contributed by atoms with Gasteiger partial charge in [-0.1, -0.05) is 29.8 Å². The van der Waals surface area contributed by atoms with Crippen molar-refractivity contribution < 1.29 is 0 Å². The number of rotatable bonds is 1. The Morgan fingerprint density at radius 2 is 1.94 bits per heavy atom. The number of nitrogens with one attached hydrogen (secondary N) is 1. The van der Waals surface area contributed by atoms with E-state index in [1.165, 1.54) is 28.1 Å². The SMILES string of the molecule is Cc1ccc(-c2cc3c(n2C)CCNC3)cc1. The molecule has 1 aliphatic heterocycles. The Hall–Kier alpha value is -1.54. The van der Waals surface area contributed by atoms with Crippen LogP contribution < -0.4 is 5.32 Å². The maximum atomic E-state index is 3.43. The lowest BCUT2D eigenvalue weighted by molar-refractivity contribution is 0.619. The summed E-state index contributed by atoms with van der Waals surface area (Å²) in [4.78, 5) is 0. The second-order valence-electron chi connectivity index (χ2n) is 4.85. The molecule has 88 valence electrons. The summed E-state index contributed by atoms with van der Waals surface area (Å²) in [5, 5.41) is 3.43. The first-order valence-corrected chi connectivity index (χ1v) is 6.21. The summed E-state index contributed by atoms with van der Waals surface area (Å²) in [6, 6.07) is 11.1. The van der Waals surface area contributed by atoms with Crippen molar-refractivity contribution in [2.75, 3.05) is 6.54 Å². The molecular weight excluding hydrogens is 208 g/mol. The number of fused-ring (bicyclic) bond motifs is 1. The Kier molecular flexibility index (Phi) is 2.52. The quantitative estimate of drug-likeness (QED) is 0.791. The van der Waals surface area contributed by atoms with Gasteiger partial charge in [-0.2, -0.15) is 0 Å². The molecule has 0 saturated carbocycles. The molecule has 2 heteroatoms. The van der Waals surface area contributed by atoms with Gasteiger partial charge < -0.3 is 9.88 Å². The molecule has 17 heavy (non-hydrogen) atoms. The van der Waals surface area contributed by atoms with Crippen LogP contribution in [0.2, 0.25) is 0 Å². The molecule has 0 atom stereocenters. The average molecular weight is 226 g/mol. The number of aryl methyl sites for hydroxylation is 1. The molecule has 2 nitrogen and oxygen atoms in total. The molecule has 0 radical (unpaired) electrons.